The van der Waals surface area contributed by atoms with Crippen molar-refractivity contribution in [3.8, 4) is 5.69 Å². The van der Waals surface area contributed by atoms with E-state index in [-0.39, 0.29) is 6.10 Å². The van der Waals surface area contributed by atoms with Gasteiger partial charge in [-0.3, -0.25) is 9.58 Å². The average Bonchev–Trinajstić information content (AvgIpc) is 3.26. The Balaban J connectivity index is 1.40. The molecule has 130 valence electrons. The molecule has 25 heavy (non-hydrogen) atoms. The molecular weight excluding hydrogens is 316 g/mol. The summed E-state index contributed by atoms with van der Waals surface area (Å²) < 4.78 is 9.73. The van der Waals surface area contributed by atoms with Crippen LogP contribution in [0, 0.1) is 0 Å². The van der Waals surface area contributed by atoms with E-state index in [9.17, 15) is 0 Å². The van der Waals surface area contributed by atoms with Crippen LogP contribution in [0.5, 0.6) is 0 Å². The van der Waals surface area contributed by atoms with Crippen molar-refractivity contribution in [2.45, 2.75) is 25.6 Å². The lowest BCUT2D eigenvalue weighted by atomic mass is 10.3. The van der Waals surface area contributed by atoms with Gasteiger partial charge in [-0.2, -0.15) is 5.10 Å². The van der Waals surface area contributed by atoms with Gasteiger partial charge in [-0.1, -0.05) is 23.4 Å². The Morgan fingerprint density at radius 2 is 2.08 bits per heavy atom. The third-order valence-electron chi connectivity index (χ3n) is 4.33. The number of aromatic nitrogens is 5. The standard InChI is InChI=1S/C18H22N6O/c1-2-6-17(7-3-1)24-13-16(20-21-24)12-22-9-5-11-25-18(14-22)15-23-10-4-8-19-23/h1-4,6-8,10,13,18H,5,9,11-12,14-15H2/t18-/m0/s1. The lowest BCUT2D eigenvalue weighted by Gasteiger charge is -2.22. The lowest BCUT2D eigenvalue weighted by molar-refractivity contribution is 0.0390. The molecule has 1 atom stereocenters. The zero-order valence-corrected chi connectivity index (χ0v) is 14.1. The van der Waals surface area contributed by atoms with Gasteiger partial charge in [-0.05, 0) is 24.6 Å². The molecule has 0 unspecified atom stereocenters. The van der Waals surface area contributed by atoms with E-state index in [1.165, 1.54) is 0 Å². The number of hydrogen-bond acceptors (Lipinski definition) is 5. The Labute approximate surface area is 146 Å². The van der Waals surface area contributed by atoms with Crippen LogP contribution >= 0.6 is 0 Å². The molecule has 0 radical (unpaired) electrons. The molecule has 1 fully saturated rings. The maximum atomic E-state index is 5.98. The van der Waals surface area contributed by atoms with Gasteiger partial charge in [0.2, 0.25) is 0 Å². The van der Waals surface area contributed by atoms with E-state index in [2.05, 4.69) is 20.3 Å². The molecule has 0 amide bonds. The van der Waals surface area contributed by atoms with Crippen LogP contribution in [0.1, 0.15) is 12.1 Å². The third-order valence-corrected chi connectivity index (χ3v) is 4.33. The topological polar surface area (TPSA) is 61.0 Å². The first-order valence-corrected chi connectivity index (χ1v) is 8.65. The van der Waals surface area contributed by atoms with Gasteiger partial charge in [0.1, 0.15) is 0 Å². The van der Waals surface area contributed by atoms with Crippen molar-refractivity contribution >= 4 is 0 Å². The summed E-state index contributed by atoms with van der Waals surface area (Å²) in [6, 6.07) is 12.0. The van der Waals surface area contributed by atoms with Crippen molar-refractivity contribution in [1.82, 2.24) is 29.7 Å². The van der Waals surface area contributed by atoms with E-state index in [4.69, 9.17) is 4.74 Å². The first kappa shape index (κ1) is 16.0. The number of benzene rings is 1. The number of hydrogen-bond donors (Lipinski definition) is 0. The quantitative estimate of drug-likeness (QED) is 0.709. The van der Waals surface area contributed by atoms with Gasteiger partial charge in [0.05, 0.1) is 30.2 Å². The molecule has 0 spiro atoms. The van der Waals surface area contributed by atoms with Crippen molar-refractivity contribution < 1.29 is 4.74 Å². The van der Waals surface area contributed by atoms with Gasteiger partial charge >= 0.3 is 0 Å². The fraction of sp³-hybridized carbons (Fsp3) is 0.389. The van der Waals surface area contributed by atoms with Crippen LogP contribution in [-0.4, -0.2) is 55.5 Å². The Bertz CT molecular complexity index is 770. The average molecular weight is 338 g/mol. The van der Waals surface area contributed by atoms with Crippen LogP contribution in [0.3, 0.4) is 0 Å². The molecule has 7 nitrogen and oxygen atoms in total. The Morgan fingerprint density at radius 3 is 2.92 bits per heavy atom. The van der Waals surface area contributed by atoms with Crippen molar-refractivity contribution in [3.63, 3.8) is 0 Å². The van der Waals surface area contributed by atoms with E-state index >= 15 is 0 Å². The zero-order valence-electron chi connectivity index (χ0n) is 14.1. The van der Waals surface area contributed by atoms with Crippen molar-refractivity contribution in [3.05, 3.63) is 60.7 Å². The van der Waals surface area contributed by atoms with Gasteiger partial charge in [-0.15, -0.1) is 5.10 Å². The van der Waals surface area contributed by atoms with Gasteiger partial charge in [0, 0.05) is 38.6 Å². The minimum atomic E-state index is 0.145. The van der Waals surface area contributed by atoms with Crippen molar-refractivity contribution in [2.75, 3.05) is 19.7 Å². The molecule has 7 heteroatoms. The fourth-order valence-electron chi connectivity index (χ4n) is 3.15. The summed E-state index contributed by atoms with van der Waals surface area (Å²) in [5, 5.41) is 12.9. The van der Waals surface area contributed by atoms with E-state index in [1.54, 1.807) is 6.20 Å². The minimum Gasteiger partial charge on any atom is -0.375 e. The van der Waals surface area contributed by atoms with Gasteiger partial charge in [0.15, 0.2) is 0 Å². The summed E-state index contributed by atoms with van der Waals surface area (Å²) in [5.74, 6) is 0. The predicted molar refractivity (Wildman–Crippen MR) is 93.2 cm³/mol. The molecule has 3 heterocycles. The Hall–Kier alpha value is -2.51. The second kappa shape index (κ2) is 7.58. The zero-order chi connectivity index (χ0) is 16.9. The van der Waals surface area contributed by atoms with Crippen LogP contribution < -0.4 is 0 Å². The maximum absolute atomic E-state index is 5.98. The molecule has 0 aliphatic carbocycles. The van der Waals surface area contributed by atoms with Crippen LogP contribution in [0.4, 0.5) is 0 Å². The molecule has 0 N–H and O–H groups in total. The summed E-state index contributed by atoms with van der Waals surface area (Å²) in [6.45, 7) is 4.23. The molecular formula is C18H22N6O. The lowest BCUT2D eigenvalue weighted by Crippen LogP contribution is -2.34. The number of nitrogens with zero attached hydrogens (tertiary/aromatic N) is 6. The Kier molecular flexibility index (Phi) is 4.85. The predicted octanol–water partition coefficient (Wildman–Crippen LogP) is 1.75. The summed E-state index contributed by atoms with van der Waals surface area (Å²) in [5.41, 5.74) is 2.00. The second-order valence-electron chi connectivity index (χ2n) is 6.30. The highest BCUT2D eigenvalue weighted by Gasteiger charge is 2.20. The van der Waals surface area contributed by atoms with Crippen LogP contribution in [0.15, 0.2) is 55.0 Å². The molecule has 0 saturated carbocycles. The largest absolute Gasteiger partial charge is 0.375 e. The number of para-hydroxylation sites is 1. The van der Waals surface area contributed by atoms with Gasteiger partial charge in [0.25, 0.3) is 0 Å². The molecule has 3 aromatic rings. The molecule has 1 aliphatic rings. The first-order chi connectivity index (χ1) is 12.4. The molecule has 1 saturated heterocycles. The fourth-order valence-corrected chi connectivity index (χ4v) is 3.15. The molecule has 1 aromatic carbocycles. The van der Waals surface area contributed by atoms with E-state index in [0.717, 1.165) is 50.6 Å². The monoisotopic (exact) mass is 338 g/mol. The van der Waals surface area contributed by atoms with E-state index in [0.29, 0.717) is 0 Å². The number of ether oxygens (including phenoxy) is 1. The Morgan fingerprint density at radius 1 is 1.16 bits per heavy atom. The second-order valence-corrected chi connectivity index (χ2v) is 6.30. The minimum absolute atomic E-state index is 0.145. The highest BCUT2D eigenvalue weighted by atomic mass is 16.5. The van der Waals surface area contributed by atoms with E-state index < -0.39 is 0 Å². The smallest absolute Gasteiger partial charge is 0.0971 e. The van der Waals surface area contributed by atoms with Crippen LogP contribution in [-0.2, 0) is 17.8 Å². The highest BCUT2D eigenvalue weighted by Crippen LogP contribution is 2.12. The molecule has 1 aliphatic heterocycles. The molecule has 2 aromatic heterocycles. The van der Waals surface area contributed by atoms with Crippen LogP contribution in [0.25, 0.3) is 5.69 Å². The van der Waals surface area contributed by atoms with Crippen molar-refractivity contribution in [1.29, 1.82) is 0 Å². The summed E-state index contributed by atoms with van der Waals surface area (Å²) in [6.07, 6.45) is 6.96. The van der Waals surface area contributed by atoms with Crippen LogP contribution in [0.2, 0.25) is 0 Å². The summed E-state index contributed by atoms with van der Waals surface area (Å²) in [4.78, 5) is 2.39. The highest BCUT2D eigenvalue weighted by molar-refractivity contribution is 5.29. The van der Waals surface area contributed by atoms with E-state index in [1.807, 2.05) is 58.2 Å². The maximum Gasteiger partial charge on any atom is 0.0971 e. The molecule has 0 bridgehead atoms. The van der Waals surface area contributed by atoms with Gasteiger partial charge < -0.3 is 4.74 Å². The SMILES string of the molecule is c1ccc(-n2cc(CN3CCCO[C@H](Cn4cccn4)C3)nn2)cc1. The third kappa shape index (κ3) is 4.12. The normalized spacial score (nSPS) is 19.0. The first-order valence-electron chi connectivity index (χ1n) is 8.65. The van der Waals surface area contributed by atoms with Crippen molar-refractivity contribution in [2.24, 2.45) is 0 Å². The molecule has 4 rings (SSSR count). The summed E-state index contributed by atoms with van der Waals surface area (Å²) >= 11 is 0. The number of rotatable bonds is 5. The summed E-state index contributed by atoms with van der Waals surface area (Å²) in [7, 11) is 0. The van der Waals surface area contributed by atoms with Gasteiger partial charge in [-0.25, -0.2) is 4.68 Å².